The molecule has 2 aromatic rings. The highest BCUT2D eigenvalue weighted by molar-refractivity contribution is 5.72. The SMILES string of the molecule is CC(=O)N(C)Cc1cccc(NCc2ccccn2)c1. The first-order valence-corrected chi connectivity index (χ1v) is 6.59. The van der Waals surface area contributed by atoms with Crippen molar-refractivity contribution in [3.05, 3.63) is 59.9 Å². The van der Waals surface area contributed by atoms with E-state index in [0.29, 0.717) is 13.1 Å². The Morgan fingerprint density at radius 3 is 2.80 bits per heavy atom. The molecule has 1 aromatic heterocycles. The Hall–Kier alpha value is -2.36. The Balaban J connectivity index is 1.97. The maximum Gasteiger partial charge on any atom is 0.219 e. The van der Waals surface area contributed by atoms with Crippen LogP contribution in [0.5, 0.6) is 0 Å². The Kier molecular flexibility index (Phi) is 4.71. The van der Waals surface area contributed by atoms with Crippen LogP contribution in [0, 0.1) is 0 Å². The second-order valence-electron chi connectivity index (χ2n) is 4.75. The molecular weight excluding hydrogens is 250 g/mol. The molecule has 1 aromatic carbocycles. The van der Waals surface area contributed by atoms with Crippen LogP contribution in [0.4, 0.5) is 5.69 Å². The highest BCUT2D eigenvalue weighted by Gasteiger charge is 2.04. The minimum absolute atomic E-state index is 0.0665. The van der Waals surface area contributed by atoms with Crippen LogP contribution in [-0.4, -0.2) is 22.8 Å². The van der Waals surface area contributed by atoms with Crippen LogP contribution >= 0.6 is 0 Å². The fourth-order valence-electron chi connectivity index (χ4n) is 1.86. The zero-order valence-electron chi connectivity index (χ0n) is 11.8. The summed E-state index contributed by atoms with van der Waals surface area (Å²) in [6.07, 6.45) is 1.79. The predicted molar refractivity (Wildman–Crippen MR) is 80.2 cm³/mol. The molecule has 4 nitrogen and oxygen atoms in total. The second-order valence-corrected chi connectivity index (χ2v) is 4.75. The summed E-state index contributed by atoms with van der Waals surface area (Å²) in [6, 6.07) is 13.9. The molecule has 0 radical (unpaired) electrons. The highest BCUT2D eigenvalue weighted by Crippen LogP contribution is 2.13. The third-order valence-corrected chi connectivity index (χ3v) is 3.08. The predicted octanol–water partition coefficient (Wildman–Crippen LogP) is 2.67. The number of nitrogens with one attached hydrogen (secondary N) is 1. The molecule has 0 fully saturated rings. The topological polar surface area (TPSA) is 45.2 Å². The van der Waals surface area contributed by atoms with Gasteiger partial charge in [0.2, 0.25) is 5.91 Å². The minimum atomic E-state index is 0.0665. The molecule has 20 heavy (non-hydrogen) atoms. The average molecular weight is 269 g/mol. The van der Waals surface area contributed by atoms with E-state index < -0.39 is 0 Å². The van der Waals surface area contributed by atoms with Crippen molar-refractivity contribution in [3.8, 4) is 0 Å². The van der Waals surface area contributed by atoms with Gasteiger partial charge in [-0.2, -0.15) is 0 Å². The summed E-state index contributed by atoms with van der Waals surface area (Å²) in [4.78, 5) is 17.2. The lowest BCUT2D eigenvalue weighted by Crippen LogP contribution is -2.23. The summed E-state index contributed by atoms with van der Waals surface area (Å²) in [5.74, 6) is 0.0665. The van der Waals surface area contributed by atoms with Gasteiger partial charge in [0.25, 0.3) is 0 Å². The van der Waals surface area contributed by atoms with Crippen LogP contribution in [0.1, 0.15) is 18.2 Å². The Bertz CT molecular complexity index is 569. The van der Waals surface area contributed by atoms with Gasteiger partial charge in [-0.3, -0.25) is 9.78 Å². The Morgan fingerprint density at radius 1 is 1.25 bits per heavy atom. The van der Waals surface area contributed by atoms with E-state index in [1.807, 2.05) is 36.4 Å². The molecule has 0 atom stereocenters. The van der Waals surface area contributed by atoms with Gasteiger partial charge in [-0.05, 0) is 29.8 Å². The van der Waals surface area contributed by atoms with Crippen LogP contribution in [0.2, 0.25) is 0 Å². The summed E-state index contributed by atoms with van der Waals surface area (Å²) in [5.41, 5.74) is 3.14. The van der Waals surface area contributed by atoms with Crippen LogP contribution in [0.3, 0.4) is 0 Å². The van der Waals surface area contributed by atoms with E-state index >= 15 is 0 Å². The molecule has 4 heteroatoms. The first-order valence-electron chi connectivity index (χ1n) is 6.59. The quantitative estimate of drug-likeness (QED) is 0.907. The van der Waals surface area contributed by atoms with E-state index in [2.05, 4.69) is 16.4 Å². The third kappa shape index (κ3) is 4.09. The van der Waals surface area contributed by atoms with Gasteiger partial charge in [0.1, 0.15) is 0 Å². The van der Waals surface area contributed by atoms with Crippen molar-refractivity contribution in [3.63, 3.8) is 0 Å². The number of hydrogen-bond donors (Lipinski definition) is 1. The number of nitrogens with zero attached hydrogens (tertiary/aromatic N) is 2. The normalized spacial score (nSPS) is 10.1. The number of carbonyl (C=O) groups is 1. The Morgan fingerprint density at radius 2 is 2.10 bits per heavy atom. The molecular formula is C16H19N3O. The molecule has 0 aliphatic rings. The molecule has 0 aliphatic carbocycles. The molecule has 0 saturated heterocycles. The van der Waals surface area contributed by atoms with Crippen LogP contribution in [0.15, 0.2) is 48.7 Å². The molecule has 0 aliphatic heterocycles. The van der Waals surface area contributed by atoms with E-state index in [0.717, 1.165) is 16.9 Å². The van der Waals surface area contributed by atoms with E-state index in [1.165, 1.54) is 0 Å². The lowest BCUT2D eigenvalue weighted by Gasteiger charge is -2.15. The average Bonchev–Trinajstić information content (AvgIpc) is 2.46. The van der Waals surface area contributed by atoms with Crippen LogP contribution in [-0.2, 0) is 17.9 Å². The number of rotatable bonds is 5. The molecule has 0 spiro atoms. The fraction of sp³-hybridized carbons (Fsp3) is 0.250. The number of carbonyl (C=O) groups excluding carboxylic acids is 1. The van der Waals surface area contributed by atoms with Gasteiger partial charge in [0, 0.05) is 32.4 Å². The zero-order chi connectivity index (χ0) is 14.4. The largest absolute Gasteiger partial charge is 0.379 e. The first-order chi connectivity index (χ1) is 9.65. The van der Waals surface area contributed by atoms with Gasteiger partial charge in [-0.15, -0.1) is 0 Å². The number of pyridine rings is 1. The standard InChI is InChI=1S/C16H19N3O/c1-13(20)19(2)12-14-6-5-8-15(10-14)18-11-16-7-3-4-9-17-16/h3-10,18H,11-12H2,1-2H3. The van der Waals surface area contributed by atoms with Crippen molar-refractivity contribution in [1.29, 1.82) is 0 Å². The van der Waals surface area contributed by atoms with Gasteiger partial charge in [-0.1, -0.05) is 18.2 Å². The van der Waals surface area contributed by atoms with Crippen LogP contribution in [0.25, 0.3) is 0 Å². The van der Waals surface area contributed by atoms with Gasteiger partial charge in [-0.25, -0.2) is 0 Å². The minimum Gasteiger partial charge on any atom is -0.379 e. The molecule has 0 bridgehead atoms. The van der Waals surface area contributed by atoms with Crippen LogP contribution < -0.4 is 5.32 Å². The monoisotopic (exact) mass is 269 g/mol. The van der Waals surface area contributed by atoms with Crippen molar-refractivity contribution in [1.82, 2.24) is 9.88 Å². The number of benzene rings is 1. The van der Waals surface area contributed by atoms with E-state index in [9.17, 15) is 4.79 Å². The zero-order valence-corrected chi connectivity index (χ0v) is 11.8. The molecule has 1 heterocycles. The molecule has 2 rings (SSSR count). The first kappa shape index (κ1) is 14.1. The smallest absolute Gasteiger partial charge is 0.219 e. The van der Waals surface area contributed by atoms with Gasteiger partial charge < -0.3 is 10.2 Å². The van der Waals surface area contributed by atoms with Gasteiger partial charge in [0.05, 0.1) is 12.2 Å². The van der Waals surface area contributed by atoms with Crippen molar-refractivity contribution in [2.45, 2.75) is 20.0 Å². The summed E-state index contributed by atoms with van der Waals surface area (Å²) in [7, 11) is 1.80. The van der Waals surface area contributed by atoms with E-state index in [1.54, 1.807) is 25.1 Å². The lowest BCUT2D eigenvalue weighted by atomic mass is 10.2. The maximum atomic E-state index is 11.2. The van der Waals surface area contributed by atoms with Crippen molar-refractivity contribution < 1.29 is 4.79 Å². The maximum absolute atomic E-state index is 11.2. The van der Waals surface area contributed by atoms with Crippen molar-refractivity contribution in [2.24, 2.45) is 0 Å². The molecule has 104 valence electrons. The summed E-state index contributed by atoms with van der Waals surface area (Å²) < 4.78 is 0. The third-order valence-electron chi connectivity index (χ3n) is 3.08. The molecule has 1 amide bonds. The van der Waals surface area contributed by atoms with Crippen molar-refractivity contribution in [2.75, 3.05) is 12.4 Å². The summed E-state index contributed by atoms with van der Waals surface area (Å²) in [5, 5.41) is 3.34. The van der Waals surface area contributed by atoms with Gasteiger partial charge in [0.15, 0.2) is 0 Å². The summed E-state index contributed by atoms with van der Waals surface area (Å²) in [6.45, 7) is 2.88. The highest BCUT2D eigenvalue weighted by atomic mass is 16.2. The number of amides is 1. The molecule has 0 unspecified atom stereocenters. The molecule has 1 N–H and O–H groups in total. The second kappa shape index (κ2) is 6.70. The molecule has 0 saturated carbocycles. The van der Waals surface area contributed by atoms with E-state index in [4.69, 9.17) is 0 Å². The Labute approximate surface area is 119 Å². The lowest BCUT2D eigenvalue weighted by molar-refractivity contribution is -0.128. The number of aromatic nitrogens is 1. The fourth-order valence-corrected chi connectivity index (χ4v) is 1.86. The number of hydrogen-bond acceptors (Lipinski definition) is 3. The van der Waals surface area contributed by atoms with Crippen molar-refractivity contribution >= 4 is 11.6 Å². The van der Waals surface area contributed by atoms with E-state index in [-0.39, 0.29) is 5.91 Å². The summed E-state index contributed by atoms with van der Waals surface area (Å²) >= 11 is 0. The number of anilines is 1. The van der Waals surface area contributed by atoms with Gasteiger partial charge >= 0.3 is 0 Å².